The Labute approximate surface area is 138 Å². The lowest BCUT2D eigenvalue weighted by atomic mass is 10.0. The smallest absolute Gasteiger partial charge is 0.351 e. The standard InChI is InChI=1S/C17H21F3N2O2/c1-3-10(2)16(24)21-9-15(23)22-14-8-12(14)11-6-4-5-7-13(11)17(18,19)20/h4-7,10,12,14H,3,8-9H2,1-2H3,(H,21,24)(H,22,23). The van der Waals surface area contributed by atoms with Gasteiger partial charge in [0.1, 0.15) is 0 Å². The van der Waals surface area contributed by atoms with Crippen LogP contribution in [-0.2, 0) is 15.8 Å². The predicted molar refractivity (Wildman–Crippen MR) is 83.2 cm³/mol. The van der Waals surface area contributed by atoms with Crippen LogP contribution in [0.3, 0.4) is 0 Å². The quantitative estimate of drug-likeness (QED) is 0.835. The van der Waals surface area contributed by atoms with Crippen molar-refractivity contribution in [1.82, 2.24) is 10.6 Å². The van der Waals surface area contributed by atoms with E-state index in [-0.39, 0.29) is 41.8 Å². The van der Waals surface area contributed by atoms with Crippen molar-refractivity contribution in [3.05, 3.63) is 35.4 Å². The molecule has 0 aromatic heterocycles. The third-order valence-corrected chi connectivity index (χ3v) is 4.29. The summed E-state index contributed by atoms with van der Waals surface area (Å²) in [4.78, 5) is 23.4. The number of amides is 2. The lowest BCUT2D eigenvalue weighted by Crippen LogP contribution is -2.40. The minimum absolute atomic E-state index is 0.159. The van der Waals surface area contributed by atoms with Gasteiger partial charge in [0.15, 0.2) is 0 Å². The van der Waals surface area contributed by atoms with E-state index >= 15 is 0 Å². The Morgan fingerprint density at radius 2 is 1.96 bits per heavy atom. The first kappa shape index (κ1) is 18.3. The Morgan fingerprint density at radius 3 is 2.58 bits per heavy atom. The Bertz CT molecular complexity index is 616. The summed E-state index contributed by atoms with van der Waals surface area (Å²) >= 11 is 0. The Balaban J connectivity index is 1.88. The maximum Gasteiger partial charge on any atom is 0.416 e. The molecule has 0 radical (unpaired) electrons. The molecule has 3 unspecified atom stereocenters. The molecule has 0 spiro atoms. The molecule has 7 heteroatoms. The highest BCUT2D eigenvalue weighted by atomic mass is 19.4. The van der Waals surface area contributed by atoms with E-state index in [2.05, 4.69) is 10.6 Å². The molecule has 2 N–H and O–H groups in total. The van der Waals surface area contributed by atoms with Crippen molar-refractivity contribution in [2.45, 2.75) is 44.8 Å². The first-order chi connectivity index (χ1) is 11.2. The summed E-state index contributed by atoms with van der Waals surface area (Å²) in [7, 11) is 0. The molecule has 0 bridgehead atoms. The topological polar surface area (TPSA) is 58.2 Å². The van der Waals surface area contributed by atoms with E-state index in [1.165, 1.54) is 12.1 Å². The van der Waals surface area contributed by atoms with Crippen LogP contribution in [0.25, 0.3) is 0 Å². The van der Waals surface area contributed by atoms with Crippen molar-refractivity contribution < 1.29 is 22.8 Å². The number of rotatable bonds is 6. The summed E-state index contributed by atoms with van der Waals surface area (Å²) in [5.41, 5.74) is -0.448. The average molecular weight is 342 g/mol. The highest BCUT2D eigenvalue weighted by Crippen LogP contribution is 2.46. The molecule has 0 saturated heterocycles. The fourth-order valence-corrected chi connectivity index (χ4v) is 2.56. The summed E-state index contributed by atoms with van der Waals surface area (Å²) in [5.74, 6) is -1.10. The van der Waals surface area contributed by atoms with Crippen LogP contribution in [0.1, 0.15) is 43.7 Å². The van der Waals surface area contributed by atoms with Crippen molar-refractivity contribution in [3.8, 4) is 0 Å². The molecular formula is C17H21F3N2O2. The molecule has 2 amide bonds. The predicted octanol–water partition coefficient (Wildman–Crippen LogP) is 2.84. The van der Waals surface area contributed by atoms with Gasteiger partial charge in [-0.15, -0.1) is 0 Å². The van der Waals surface area contributed by atoms with Crippen molar-refractivity contribution in [3.63, 3.8) is 0 Å². The van der Waals surface area contributed by atoms with Gasteiger partial charge in [-0.05, 0) is 24.5 Å². The Kier molecular flexibility index (Phi) is 5.51. The molecule has 3 atom stereocenters. The number of halogens is 3. The number of hydrogen-bond acceptors (Lipinski definition) is 2. The van der Waals surface area contributed by atoms with Crippen LogP contribution < -0.4 is 10.6 Å². The van der Waals surface area contributed by atoms with Gasteiger partial charge in [0, 0.05) is 17.9 Å². The average Bonchev–Trinajstić information content (AvgIpc) is 3.29. The van der Waals surface area contributed by atoms with Crippen molar-refractivity contribution in [2.75, 3.05) is 6.54 Å². The first-order valence-corrected chi connectivity index (χ1v) is 7.97. The van der Waals surface area contributed by atoms with E-state index in [0.29, 0.717) is 12.8 Å². The maximum atomic E-state index is 13.0. The summed E-state index contributed by atoms with van der Waals surface area (Å²) in [5, 5.41) is 5.20. The van der Waals surface area contributed by atoms with Gasteiger partial charge in [0.25, 0.3) is 0 Å². The molecule has 1 fully saturated rings. The van der Waals surface area contributed by atoms with Crippen molar-refractivity contribution in [1.29, 1.82) is 0 Å². The second kappa shape index (κ2) is 7.23. The molecule has 1 saturated carbocycles. The number of carbonyl (C=O) groups is 2. The van der Waals surface area contributed by atoms with Crippen molar-refractivity contribution >= 4 is 11.8 Å². The van der Waals surface area contributed by atoms with Gasteiger partial charge in [0.05, 0.1) is 12.1 Å². The monoisotopic (exact) mass is 342 g/mol. The highest BCUT2D eigenvalue weighted by Gasteiger charge is 2.44. The molecule has 0 heterocycles. The van der Waals surface area contributed by atoms with Gasteiger partial charge in [-0.2, -0.15) is 13.2 Å². The van der Waals surface area contributed by atoms with Gasteiger partial charge in [-0.25, -0.2) is 0 Å². The number of alkyl halides is 3. The van der Waals surface area contributed by atoms with E-state index < -0.39 is 11.7 Å². The summed E-state index contributed by atoms with van der Waals surface area (Å²) in [6, 6.07) is 5.10. The molecule has 132 valence electrons. The number of benzene rings is 1. The van der Waals surface area contributed by atoms with Gasteiger partial charge >= 0.3 is 6.18 Å². The van der Waals surface area contributed by atoms with Crippen LogP contribution in [0.4, 0.5) is 13.2 Å². The second-order valence-corrected chi connectivity index (χ2v) is 6.13. The SMILES string of the molecule is CCC(C)C(=O)NCC(=O)NC1CC1c1ccccc1C(F)(F)F. The third-order valence-electron chi connectivity index (χ3n) is 4.29. The molecule has 2 rings (SSSR count). The molecule has 1 aliphatic carbocycles. The highest BCUT2D eigenvalue weighted by molar-refractivity contribution is 5.86. The molecule has 0 aliphatic heterocycles. The fourth-order valence-electron chi connectivity index (χ4n) is 2.56. The summed E-state index contributed by atoms with van der Waals surface area (Å²) in [6.07, 6.45) is -3.26. The summed E-state index contributed by atoms with van der Waals surface area (Å²) in [6.45, 7) is 3.47. The van der Waals surface area contributed by atoms with Crippen molar-refractivity contribution in [2.24, 2.45) is 5.92 Å². The molecule has 1 aliphatic rings. The van der Waals surface area contributed by atoms with E-state index in [4.69, 9.17) is 0 Å². The number of nitrogens with one attached hydrogen (secondary N) is 2. The minimum Gasteiger partial charge on any atom is -0.351 e. The third kappa shape index (κ3) is 4.49. The first-order valence-electron chi connectivity index (χ1n) is 7.97. The molecule has 1 aromatic carbocycles. The number of carbonyl (C=O) groups excluding carboxylic acids is 2. The summed E-state index contributed by atoms with van der Waals surface area (Å²) < 4.78 is 39.0. The van der Waals surface area contributed by atoms with Crippen LogP contribution in [0.2, 0.25) is 0 Å². The molecule has 4 nitrogen and oxygen atoms in total. The van der Waals surface area contributed by atoms with Gasteiger partial charge in [-0.1, -0.05) is 32.0 Å². The van der Waals surface area contributed by atoms with Gasteiger partial charge in [-0.3, -0.25) is 9.59 Å². The van der Waals surface area contributed by atoms with E-state index in [1.54, 1.807) is 13.0 Å². The lowest BCUT2D eigenvalue weighted by Gasteiger charge is -2.13. The van der Waals surface area contributed by atoms with Gasteiger partial charge in [0.2, 0.25) is 11.8 Å². The second-order valence-electron chi connectivity index (χ2n) is 6.13. The molecule has 24 heavy (non-hydrogen) atoms. The maximum absolute atomic E-state index is 13.0. The zero-order valence-electron chi connectivity index (χ0n) is 13.6. The normalized spacial score (nSPS) is 21.0. The molecule has 1 aromatic rings. The van der Waals surface area contributed by atoms with E-state index in [1.807, 2.05) is 6.92 Å². The van der Waals surface area contributed by atoms with Crippen LogP contribution in [0, 0.1) is 5.92 Å². The van der Waals surface area contributed by atoms with E-state index in [9.17, 15) is 22.8 Å². The molecular weight excluding hydrogens is 321 g/mol. The van der Waals surface area contributed by atoms with Crippen LogP contribution >= 0.6 is 0 Å². The van der Waals surface area contributed by atoms with Gasteiger partial charge < -0.3 is 10.6 Å². The van der Waals surface area contributed by atoms with Crippen LogP contribution in [-0.4, -0.2) is 24.4 Å². The Morgan fingerprint density at radius 1 is 1.29 bits per heavy atom. The Hall–Kier alpha value is -2.05. The van der Waals surface area contributed by atoms with Crippen LogP contribution in [0.5, 0.6) is 0 Å². The zero-order chi connectivity index (χ0) is 17.9. The lowest BCUT2D eigenvalue weighted by molar-refractivity contribution is -0.138. The fraction of sp³-hybridized carbons (Fsp3) is 0.529. The zero-order valence-corrected chi connectivity index (χ0v) is 13.6. The van der Waals surface area contributed by atoms with E-state index in [0.717, 1.165) is 6.07 Å². The minimum atomic E-state index is -4.40. The largest absolute Gasteiger partial charge is 0.416 e. The van der Waals surface area contributed by atoms with Crippen LogP contribution in [0.15, 0.2) is 24.3 Å². The number of hydrogen-bond donors (Lipinski definition) is 2.